The van der Waals surface area contributed by atoms with Crippen LogP contribution in [0.2, 0.25) is 0 Å². The van der Waals surface area contributed by atoms with Crippen LogP contribution in [0.1, 0.15) is 24.6 Å². The van der Waals surface area contributed by atoms with Crippen molar-refractivity contribution in [3.63, 3.8) is 0 Å². The number of hydrogen-bond donors (Lipinski definition) is 1. The molecular formula is C21H19N3O2. The Balaban J connectivity index is 2.27. The van der Waals surface area contributed by atoms with Crippen molar-refractivity contribution in [2.24, 2.45) is 5.73 Å². The lowest BCUT2D eigenvalue weighted by atomic mass is 9.93. The maximum absolute atomic E-state index is 11.0. The van der Waals surface area contributed by atoms with Crippen molar-refractivity contribution in [1.82, 2.24) is 4.98 Å². The summed E-state index contributed by atoms with van der Waals surface area (Å²) in [6.45, 7) is 1.87. The van der Waals surface area contributed by atoms with E-state index in [9.17, 15) is 10.1 Å². The number of pyridine rings is 1. The summed E-state index contributed by atoms with van der Waals surface area (Å²) in [5.74, 6) is -0.0232. The Kier molecular flexibility index (Phi) is 5.14. The molecule has 2 aromatic carbocycles. The number of primary amides is 1. The number of amides is 1. The molecule has 0 bridgehead atoms. The van der Waals surface area contributed by atoms with Gasteiger partial charge in [0.15, 0.2) is 6.61 Å². The summed E-state index contributed by atoms with van der Waals surface area (Å²) >= 11 is 0. The van der Waals surface area contributed by atoms with Gasteiger partial charge >= 0.3 is 0 Å². The van der Waals surface area contributed by atoms with Crippen LogP contribution in [0.15, 0.2) is 48.5 Å². The van der Waals surface area contributed by atoms with Crippen molar-refractivity contribution in [3.8, 4) is 22.9 Å². The molecule has 0 saturated heterocycles. The summed E-state index contributed by atoms with van der Waals surface area (Å²) in [5, 5.41) is 10.6. The van der Waals surface area contributed by atoms with Crippen LogP contribution in [0.25, 0.3) is 22.0 Å². The molecule has 0 aliphatic carbocycles. The Bertz CT molecular complexity index is 992. The first-order chi connectivity index (χ1) is 12.6. The van der Waals surface area contributed by atoms with E-state index in [-0.39, 0.29) is 6.61 Å². The molecule has 26 heavy (non-hydrogen) atoms. The highest BCUT2D eigenvalue weighted by Gasteiger charge is 2.17. The molecule has 0 unspecified atom stereocenters. The summed E-state index contributed by atoms with van der Waals surface area (Å²) in [4.78, 5) is 15.7. The zero-order valence-electron chi connectivity index (χ0n) is 14.5. The van der Waals surface area contributed by atoms with E-state index in [1.165, 1.54) is 0 Å². The molecule has 1 amide bonds. The lowest BCUT2D eigenvalue weighted by Gasteiger charge is -2.14. The van der Waals surface area contributed by atoms with E-state index in [1.807, 2.05) is 42.5 Å². The molecule has 2 N–H and O–H groups in total. The van der Waals surface area contributed by atoms with E-state index in [1.54, 1.807) is 6.07 Å². The number of carbonyl (C=O) groups is 1. The molecule has 1 heterocycles. The van der Waals surface area contributed by atoms with Crippen LogP contribution in [-0.2, 0) is 11.2 Å². The van der Waals surface area contributed by atoms with Crippen LogP contribution in [-0.4, -0.2) is 17.5 Å². The monoisotopic (exact) mass is 345 g/mol. The van der Waals surface area contributed by atoms with Crippen molar-refractivity contribution >= 4 is 16.8 Å². The Morgan fingerprint density at radius 3 is 2.65 bits per heavy atom. The van der Waals surface area contributed by atoms with Crippen LogP contribution >= 0.6 is 0 Å². The number of hydrogen-bond acceptors (Lipinski definition) is 4. The number of benzene rings is 2. The van der Waals surface area contributed by atoms with Crippen LogP contribution in [0.5, 0.6) is 5.75 Å². The fourth-order valence-electron chi connectivity index (χ4n) is 2.98. The van der Waals surface area contributed by atoms with E-state index in [4.69, 9.17) is 10.5 Å². The minimum absolute atomic E-state index is 0.196. The van der Waals surface area contributed by atoms with Crippen molar-refractivity contribution in [3.05, 3.63) is 59.8 Å². The first-order valence-electron chi connectivity index (χ1n) is 8.47. The van der Waals surface area contributed by atoms with Crippen LogP contribution in [0, 0.1) is 11.3 Å². The summed E-state index contributed by atoms with van der Waals surface area (Å²) in [5.41, 5.74) is 9.11. The average molecular weight is 345 g/mol. The molecule has 3 rings (SSSR count). The summed E-state index contributed by atoms with van der Waals surface area (Å²) < 4.78 is 5.43. The van der Waals surface area contributed by atoms with E-state index in [0.717, 1.165) is 40.6 Å². The molecule has 0 aliphatic heterocycles. The molecular weight excluding hydrogens is 326 g/mol. The molecule has 0 aliphatic rings. The smallest absolute Gasteiger partial charge is 0.255 e. The Morgan fingerprint density at radius 2 is 2.00 bits per heavy atom. The lowest BCUT2D eigenvalue weighted by Crippen LogP contribution is -2.20. The van der Waals surface area contributed by atoms with Gasteiger partial charge in [0.2, 0.25) is 0 Å². The molecule has 3 aromatic rings. The predicted molar refractivity (Wildman–Crippen MR) is 101 cm³/mol. The van der Waals surface area contributed by atoms with Gasteiger partial charge in [-0.05, 0) is 30.2 Å². The number of nitrogens with two attached hydrogens (primary N) is 1. The highest BCUT2D eigenvalue weighted by molar-refractivity contribution is 5.98. The molecule has 0 spiro atoms. The lowest BCUT2D eigenvalue weighted by molar-refractivity contribution is -0.119. The van der Waals surface area contributed by atoms with Gasteiger partial charge in [-0.15, -0.1) is 0 Å². The summed E-state index contributed by atoms with van der Waals surface area (Å²) in [6.07, 6.45) is 1.64. The highest BCUT2D eigenvalue weighted by atomic mass is 16.5. The van der Waals surface area contributed by atoms with Crippen molar-refractivity contribution in [1.29, 1.82) is 5.26 Å². The van der Waals surface area contributed by atoms with Gasteiger partial charge in [-0.25, -0.2) is 0 Å². The van der Waals surface area contributed by atoms with Gasteiger partial charge in [0, 0.05) is 10.9 Å². The molecule has 0 radical (unpaired) electrons. The van der Waals surface area contributed by atoms with Gasteiger partial charge in [0.1, 0.15) is 11.8 Å². The van der Waals surface area contributed by atoms with Crippen molar-refractivity contribution < 1.29 is 9.53 Å². The minimum atomic E-state index is -0.539. The number of rotatable bonds is 6. The molecule has 130 valence electrons. The van der Waals surface area contributed by atoms with Crippen LogP contribution in [0.4, 0.5) is 0 Å². The third kappa shape index (κ3) is 3.50. The average Bonchev–Trinajstić information content (AvgIpc) is 2.66. The second kappa shape index (κ2) is 7.66. The fraction of sp³-hybridized carbons (Fsp3) is 0.190. The van der Waals surface area contributed by atoms with Crippen LogP contribution < -0.4 is 10.5 Å². The van der Waals surface area contributed by atoms with Gasteiger partial charge < -0.3 is 10.5 Å². The van der Waals surface area contributed by atoms with E-state index in [2.05, 4.69) is 18.0 Å². The van der Waals surface area contributed by atoms with Gasteiger partial charge in [0.25, 0.3) is 5.91 Å². The maximum atomic E-state index is 11.0. The van der Waals surface area contributed by atoms with E-state index in [0.29, 0.717) is 11.3 Å². The number of aryl methyl sites for hydroxylation is 1. The second-order valence-electron chi connectivity index (χ2n) is 5.97. The Morgan fingerprint density at radius 1 is 1.23 bits per heavy atom. The normalized spacial score (nSPS) is 10.5. The number of aromatic nitrogens is 1. The molecule has 0 fully saturated rings. The van der Waals surface area contributed by atoms with Crippen LogP contribution in [0.3, 0.4) is 0 Å². The maximum Gasteiger partial charge on any atom is 0.255 e. The second-order valence-corrected chi connectivity index (χ2v) is 5.97. The Hall–Kier alpha value is -3.39. The van der Waals surface area contributed by atoms with Crippen molar-refractivity contribution in [2.45, 2.75) is 19.8 Å². The van der Waals surface area contributed by atoms with Gasteiger partial charge in [-0.1, -0.05) is 43.7 Å². The molecule has 1 aromatic heterocycles. The SMILES string of the molecule is CCCc1nc2ccc(OCC(N)=O)cc2c(-c2ccccc2)c1C#N. The first-order valence-corrected chi connectivity index (χ1v) is 8.47. The number of fused-ring (bicyclic) bond motifs is 1. The standard InChI is InChI=1S/C21H19N3O2/c1-2-6-18-17(12-22)21(14-7-4-3-5-8-14)16-11-15(26-13-20(23)25)9-10-19(16)24-18/h3-5,7-11H,2,6,13H2,1H3,(H2,23,25). The number of nitrogens with zero attached hydrogens (tertiary/aromatic N) is 2. The molecule has 5 nitrogen and oxygen atoms in total. The Labute approximate surface area is 152 Å². The quantitative estimate of drug-likeness (QED) is 0.739. The molecule has 5 heteroatoms. The first kappa shape index (κ1) is 17.4. The largest absolute Gasteiger partial charge is 0.484 e. The topological polar surface area (TPSA) is 89.0 Å². The third-order valence-corrected chi connectivity index (χ3v) is 4.07. The van der Waals surface area contributed by atoms with E-state index < -0.39 is 5.91 Å². The highest BCUT2D eigenvalue weighted by Crippen LogP contribution is 2.35. The molecule has 0 saturated carbocycles. The zero-order chi connectivity index (χ0) is 18.5. The number of ether oxygens (including phenoxy) is 1. The molecule has 0 atom stereocenters. The fourth-order valence-corrected chi connectivity index (χ4v) is 2.98. The van der Waals surface area contributed by atoms with E-state index >= 15 is 0 Å². The predicted octanol–water partition coefficient (Wildman–Crippen LogP) is 3.59. The van der Waals surface area contributed by atoms with Gasteiger partial charge in [0.05, 0.1) is 16.8 Å². The summed E-state index contributed by atoms with van der Waals surface area (Å²) in [7, 11) is 0. The number of carbonyl (C=O) groups excluding carboxylic acids is 1. The number of nitriles is 1. The third-order valence-electron chi connectivity index (χ3n) is 4.07. The van der Waals surface area contributed by atoms with Crippen molar-refractivity contribution in [2.75, 3.05) is 6.61 Å². The van der Waals surface area contributed by atoms with Gasteiger partial charge in [-0.3, -0.25) is 9.78 Å². The summed E-state index contributed by atoms with van der Waals surface area (Å²) in [6, 6.07) is 17.5. The minimum Gasteiger partial charge on any atom is -0.484 e. The zero-order valence-corrected chi connectivity index (χ0v) is 14.5. The van der Waals surface area contributed by atoms with Gasteiger partial charge in [-0.2, -0.15) is 5.26 Å².